The lowest BCUT2D eigenvalue weighted by Gasteiger charge is -2.24. The molecule has 2 aliphatic rings. The van der Waals surface area contributed by atoms with Gasteiger partial charge in [0.1, 0.15) is 11.8 Å². The molecule has 0 unspecified atom stereocenters. The molecule has 1 saturated heterocycles. The maximum absolute atomic E-state index is 12.9. The van der Waals surface area contributed by atoms with Crippen molar-refractivity contribution in [2.24, 2.45) is 0 Å². The smallest absolute Gasteiger partial charge is 0.254 e. The second kappa shape index (κ2) is 8.41. The predicted octanol–water partition coefficient (Wildman–Crippen LogP) is 0.111. The molecule has 3 rings (SSSR count). The number of carbonyl (C=O) groups is 2. The van der Waals surface area contributed by atoms with Crippen LogP contribution in [0.1, 0.15) is 23.7 Å². The van der Waals surface area contributed by atoms with Crippen molar-refractivity contribution in [3.63, 3.8) is 0 Å². The van der Waals surface area contributed by atoms with Gasteiger partial charge in [-0.1, -0.05) is 6.07 Å². The number of rotatable bonds is 6. The molecule has 8 heteroatoms. The summed E-state index contributed by atoms with van der Waals surface area (Å²) < 4.78 is 5.44. The van der Waals surface area contributed by atoms with Crippen LogP contribution in [0.2, 0.25) is 0 Å². The third kappa shape index (κ3) is 4.58. The van der Waals surface area contributed by atoms with Gasteiger partial charge in [-0.15, -0.1) is 0 Å². The molecule has 0 aliphatic carbocycles. The van der Waals surface area contributed by atoms with Crippen molar-refractivity contribution in [3.05, 3.63) is 41.6 Å². The molecule has 0 saturated carbocycles. The SMILES string of the molecule is CCOc1cccc(C(=O)N2C[C@H](O)C[C@H]2C(=O)NCC2=CN(C)NC2)c1. The average molecular weight is 374 g/mol. The van der Waals surface area contributed by atoms with Crippen molar-refractivity contribution in [3.8, 4) is 5.75 Å². The Morgan fingerprint density at radius 2 is 2.22 bits per heavy atom. The topological polar surface area (TPSA) is 94.1 Å². The van der Waals surface area contributed by atoms with Crippen LogP contribution < -0.4 is 15.5 Å². The first-order valence-corrected chi connectivity index (χ1v) is 9.13. The lowest BCUT2D eigenvalue weighted by Crippen LogP contribution is -2.46. The zero-order valence-corrected chi connectivity index (χ0v) is 15.6. The number of carbonyl (C=O) groups excluding carboxylic acids is 2. The number of nitrogens with zero attached hydrogens (tertiary/aromatic N) is 2. The summed E-state index contributed by atoms with van der Waals surface area (Å²) in [6, 6.07) is 6.20. The molecule has 0 radical (unpaired) electrons. The number of benzene rings is 1. The molecule has 0 bridgehead atoms. The fourth-order valence-electron chi connectivity index (χ4n) is 3.36. The zero-order valence-electron chi connectivity index (χ0n) is 15.6. The van der Waals surface area contributed by atoms with E-state index in [1.807, 2.05) is 25.2 Å². The lowest BCUT2D eigenvalue weighted by molar-refractivity contribution is -0.124. The van der Waals surface area contributed by atoms with Crippen LogP contribution in [0.25, 0.3) is 0 Å². The van der Waals surface area contributed by atoms with E-state index in [2.05, 4.69) is 10.7 Å². The first-order valence-electron chi connectivity index (χ1n) is 9.13. The Hall–Kier alpha value is -2.58. The first kappa shape index (κ1) is 19.2. The van der Waals surface area contributed by atoms with Crippen molar-refractivity contribution in [2.45, 2.75) is 25.5 Å². The molecule has 1 aromatic rings. The molecule has 146 valence electrons. The Bertz CT molecular complexity index is 736. The van der Waals surface area contributed by atoms with Crippen molar-refractivity contribution < 1.29 is 19.4 Å². The van der Waals surface area contributed by atoms with Crippen LogP contribution in [0.5, 0.6) is 5.75 Å². The first-order chi connectivity index (χ1) is 13.0. The number of amides is 2. The van der Waals surface area contributed by atoms with Gasteiger partial charge in [-0.25, -0.2) is 5.43 Å². The molecular weight excluding hydrogens is 348 g/mol. The van der Waals surface area contributed by atoms with Crippen molar-refractivity contribution >= 4 is 11.8 Å². The fraction of sp³-hybridized carbons (Fsp3) is 0.474. The Morgan fingerprint density at radius 3 is 2.93 bits per heavy atom. The molecule has 2 heterocycles. The summed E-state index contributed by atoms with van der Waals surface area (Å²) in [5, 5.41) is 14.7. The monoisotopic (exact) mass is 374 g/mol. The van der Waals surface area contributed by atoms with E-state index in [0.29, 0.717) is 31.0 Å². The third-order valence-electron chi connectivity index (χ3n) is 4.66. The van der Waals surface area contributed by atoms with Crippen LogP contribution >= 0.6 is 0 Å². The van der Waals surface area contributed by atoms with Crippen LogP contribution in [0, 0.1) is 0 Å². The van der Waals surface area contributed by atoms with Crippen molar-refractivity contribution in [2.75, 3.05) is 33.3 Å². The summed E-state index contributed by atoms with van der Waals surface area (Å²) in [5.74, 6) is 0.0694. The Kier molecular flexibility index (Phi) is 5.98. The molecule has 1 fully saturated rings. The number of nitrogens with one attached hydrogen (secondary N) is 2. The maximum atomic E-state index is 12.9. The lowest BCUT2D eigenvalue weighted by atomic mass is 10.1. The van der Waals surface area contributed by atoms with Crippen LogP contribution in [0.3, 0.4) is 0 Å². The standard InChI is InChI=1S/C19H26N4O4/c1-3-27-16-6-4-5-14(7-16)19(26)23-12-15(24)8-17(23)18(25)20-9-13-10-21-22(2)11-13/h4-7,11,15,17,21,24H,3,8-10,12H2,1-2H3,(H,20,25)/t15-,17+/m1/s1. The number of β-amino-alcohol motifs (C(OH)–C–C–N with tert-alkyl or cyclic N) is 1. The summed E-state index contributed by atoms with van der Waals surface area (Å²) in [5.41, 5.74) is 4.60. The third-order valence-corrected chi connectivity index (χ3v) is 4.66. The van der Waals surface area contributed by atoms with Gasteiger partial charge in [-0.2, -0.15) is 0 Å². The molecule has 2 atom stereocenters. The maximum Gasteiger partial charge on any atom is 0.254 e. The van der Waals surface area contributed by atoms with Crippen LogP contribution in [0.15, 0.2) is 36.0 Å². The second-order valence-corrected chi connectivity index (χ2v) is 6.77. The van der Waals surface area contributed by atoms with E-state index in [-0.39, 0.29) is 24.8 Å². The summed E-state index contributed by atoms with van der Waals surface area (Å²) in [7, 11) is 1.89. The summed E-state index contributed by atoms with van der Waals surface area (Å²) in [4.78, 5) is 27.0. The van der Waals surface area contributed by atoms with Crippen LogP contribution in [-0.4, -0.2) is 72.3 Å². The Balaban J connectivity index is 1.67. The van der Waals surface area contributed by atoms with E-state index in [9.17, 15) is 14.7 Å². The summed E-state index contributed by atoms with van der Waals surface area (Å²) >= 11 is 0. The molecule has 27 heavy (non-hydrogen) atoms. The van der Waals surface area contributed by atoms with E-state index >= 15 is 0 Å². The molecule has 2 amide bonds. The quantitative estimate of drug-likeness (QED) is 0.654. The largest absolute Gasteiger partial charge is 0.494 e. The minimum Gasteiger partial charge on any atom is -0.494 e. The number of likely N-dealkylation sites (tertiary alicyclic amines) is 1. The highest BCUT2D eigenvalue weighted by molar-refractivity contribution is 5.98. The van der Waals surface area contributed by atoms with E-state index in [4.69, 9.17) is 4.74 Å². The minimum absolute atomic E-state index is 0.142. The normalized spacial score (nSPS) is 22.0. The predicted molar refractivity (Wildman–Crippen MR) is 99.9 cm³/mol. The number of hydrazine groups is 1. The number of ether oxygens (including phenoxy) is 1. The van der Waals surface area contributed by atoms with E-state index < -0.39 is 12.1 Å². The van der Waals surface area contributed by atoms with Gasteiger partial charge in [0.15, 0.2) is 0 Å². The molecule has 0 aromatic heterocycles. The number of hydrogen-bond acceptors (Lipinski definition) is 6. The van der Waals surface area contributed by atoms with Crippen LogP contribution in [0.4, 0.5) is 0 Å². The molecule has 0 spiro atoms. The van der Waals surface area contributed by atoms with Gasteiger partial charge in [-0.3, -0.25) is 9.59 Å². The zero-order chi connectivity index (χ0) is 19.4. The number of aliphatic hydroxyl groups is 1. The van der Waals surface area contributed by atoms with Gasteiger partial charge in [0.05, 0.1) is 12.7 Å². The Morgan fingerprint density at radius 1 is 1.41 bits per heavy atom. The van der Waals surface area contributed by atoms with Crippen molar-refractivity contribution in [1.29, 1.82) is 0 Å². The van der Waals surface area contributed by atoms with Gasteiger partial charge in [0, 0.05) is 44.9 Å². The van der Waals surface area contributed by atoms with E-state index in [0.717, 1.165) is 5.57 Å². The van der Waals surface area contributed by atoms with Crippen LogP contribution in [-0.2, 0) is 4.79 Å². The van der Waals surface area contributed by atoms with Gasteiger partial charge in [0.25, 0.3) is 5.91 Å². The van der Waals surface area contributed by atoms with Gasteiger partial charge < -0.3 is 25.1 Å². The summed E-state index contributed by atoms with van der Waals surface area (Å²) in [6.45, 7) is 3.61. The molecular formula is C19H26N4O4. The summed E-state index contributed by atoms with van der Waals surface area (Å²) in [6.07, 6.45) is 1.45. The highest BCUT2D eigenvalue weighted by atomic mass is 16.5. The van der Waals surface area contributed by atoms with Crippen molar-refractivity contribution in [1.82, 2.24) is 20.7 Å². The van der Waals surface area contributed by atoms with Gasteiger partial charge in [-0.05, 0) is 30.7 Å². The van der Waals surface area contributed by atoms with E-state index in [1.165, 1.54) is 4.90 Å². The molecule has 8 nitrogen and oxygen atoms in total. The minimum atomic E-state index is -0.710. The van der Waals surface area contributed by atoms with E-state index in [1.54, 1.807) is 24.3 Å². The highest BCUT2D eigenvalue weighted by Crippen LogP contribution is 2.23. The average Bonchev–Trinajstić information content (AvgIpc) is 3.25. The highest BCUT2D eigenvalue weighted by Gasteiger charge is 2.39. The second-order valence-electron chi connectivity index (χ2n) is 6.77. The number of aliphatic hydroxyl groups excluding tert-OH is 1. The fourth-order valence-corrected chi connectivity index (χ4v) is 3.36. The Labute approximate surface area is 158 Å². The number of hydrogen-bond donors (Lipinski definition) is 3. The van der Waals surface area contributed by atoms with Gasteiger partial charge >= 0.3 is 0 Å². The molecule has 2 aliphatic heterocycles. The molecule has 1 aromatic carbocycles. The molecule has 3 N–H and O–H groups in total. The van der Waals surface area contributed by atoms with Gasteiger partial charge in [0.2, 0.25) is 5.91 Å².